The van der Waals surface area contributed by atoms with Crippen molar-refractivity contribution in [2.24, 2.45) is 5.73 Å². The van der Waals surface area contributed by atoms with Gasteiger partial charge in [0.1, 0.15) is 12.2 Å². The molecule has 6 nitrogen and oxygen atoms in total. The summed E-state index contributed by atoms with van der Waals surface area (Å²) in [6.07, 6.45) is -4.76. The summed E-state index contributed by atoms with van der Waals surface area (Å²) in [5.74, 6) is -1.29. The second-order valence-corrected chi connectivity index (χ2v) is 2.65. The average Bonchev–Trinajstić information content (AvgIpc) is 2.30. The lowest BCUT2D eigenvalue weighted by Gasteiger charge is -2.10. The number of aliphatic hydroxyl groups is 2. The summed E-state index contributed by atoms with van der Waals surface area (Å²) in [6, 6.07) is 0. The summed E-state index contributed by atoms with van der Waals surface area (Å²) in [5, 5.41) is 26.8. The Morgan fingerprint density at radius 1 is 1.42 bits per heavy atom. The van der Waals surface area contributed by atoms with E-state index in [2.05, 4.69) is 0 Å². The molecule has 1 saturated heterocycles. The van der Waals surface area contributed by atoms with E-state index in [1.165, 1.54) is 0 Å². The van der Waals surface area contributed by atoms with Crippen LogP contribution in [-0.2, 0) is 9.53 Å². The lowest BCUT2D eigenvalue weighted by atomic mass is 10.1. The first-order valence-electron chi connectivity index (χ1n) is 3.52. The molecule has 4 atom stereocenters. The van der Waals surface area contributed by atoms with Crippen molar-refractivity contribution in [1.82, 2.24) is 0 Å². The summed E-state index contributed by atoms with van der Waals surface area (Å²) in [5.41, 5.74) is 5.16. The molecule has 1 rings (SSSR count). The van der Waals surface area contributed by atoms with Gasteiger partial charge in [0, 0.05) is 6.54 Å². The maximum Gasteiger partial charge on any atom is 0.335 e. The number of carboxylic acid groups (broad SMARTS) is 1. The van der Waals surface area contributed by atoms with Crippen LogP contribution in [0.2, 0.25) is 0 Å². The van der Waals surface area contributed by atoms with Gasteiger partial charge in [-0.1, -0.05) is 0 Å². The fourth-order valence-electron chi connectivity index (χ4n) is 1.15. The monoisotopic (exact) mass is 177 g/mol. The van der Waals surface area contributed by atoms with Gasteiger partial charge < -0.3 is 25.8 Å². The molecule has 0 aromatic heterocycles. The summed E-state index contributed by atoms with van der Waals surface area (Å²) in [6.45, 7) is -0.0119. The quantitative estimate of drug-likeness (QED) is 0.371. The molecule has 1 fully saturated rings. The fraction of sp³-hybridized carbons (Fsp3) is 0.833. The van der Waals surface area contributed by atoms with Gasteiger partial charge in [0.2, 0.25) is 0 Å². The van der Waals surface area contributed by atoms with E-state index < -0.39 is 30.4 Å². The lowest BCUT2D eigenvalue weighted by molar-refractivity contribution is -0.153. The zero-order chi connectivity index (χ0) is 9.30. The molecule has 0 aromatic carbocycles. The third-order valence-electron chi connectivity index (χ3n) is 1.84. The molecular weight excluding hydrogens is 166 g/mol. The molecule has 0 aliphatic carbocycles. The molecule has 0 saturated carbocycles. The van der Waals surface area contributed by atoms with Crippen LogP contribution in [0.5, 0.6) is 0 Å². The van der Waals surface area contributed by atoms with Gasteiger partial charge in [-0.15, -0.1) is 0 Å². The number of hydrogen-bond donors (Lipinski definition) is 4. The van der Waals surface area contributed by atoms with Crippen molar-refractivity contribution in [3.8, 4) is 0 Å². The third-order valence-corrected chi connectivity index (χ3v) is 1.84. The SMILES string of the molecule is NC[C@H]1O[C@@H](C(=O)O)[C@@H](O)[C@H]1O. The number of aliphatic carboxylic acids is 1. The molecule has 0 aromatic rings. The highest BCUT2D eigenvalue weighted by molar-refractivity contribution is 5.73. The molecule has 5 N–H and O–H groups in total. The molecule has 0 unspecified atom stereocenters. The number of ether oxygens (including phenoxy) is 1. The smallest absolute Gasteiger partial charge is 0.335 e. The Labute approximate surface area is 68.6 Å². The van der Waals surface area contributed by atoms with E-state index in [0.29, 0.717) is 0 Å². The minimum absolute atomic E-state index is 0.0119. The molecule has 1 aliphatic heterocycles. The Hall–Kier alpha value is -0.690. The second-order valence-electron chi connectivity index (χ2n) is 2.65. The average molecular weight is 177 g/mol. The zero-order valence-corrected chi connectivity index (χ0v) is 6.25. The van der Waals surface area contributed by atoms with Gasteiger partial charge in [0.25, 0.3) is 0 Å². The summed E-state index contributed by atoms with van der Waals surface area (Å²) >= 11 is 0. The van der Waals surface area contributed by atoms with Crippen molar-refractivity contribution in [3.05, 3.63) is 0 Å². The van der Waals surface area contributed by atoms with E-state index in [0.717, 1.165) is 0 Å². The Morgan fingerprint density at radius 3 is 2.25 bits per heavy atom. The highest BCUT2D eigenvalue weighted by Gasteiger charge is 2.45. The molecule has 0 bridgehead atoms. The van der Waals surface area contributed by atoms with Gasteiger partial charge in [0.05, 0.1) is 6.10 Å². The molecule has 6 heteroatoms. The molecule has 12 heavy (non-hydrogen) atoms. The Bertz CT molecular complexity index is 185. The van der Waals surface area contributed by atoms with Crippen LogP contribution in [0.4, 0.5) is 0 Å². The maximum atomic E-state index is 10.4. The van der Waals surface area contributed by atoms with E-state index >= 15 is 0 Å². The molecule has 70 valence electrons. The standard InChI is InChI=1S/C6H11NO5/c7-1-2-3(8)4(9)5(12-2)6(10)11/h2-5,8-9H,1,7H2,(H,10,11)/t2-,3+,4+,5-/m1/s1. The van der Waals surface area contributed by atoms with Crippen molar-refractivity contribution < 1.29 is 24.9 Å². The van der Waals surface area contributed by atoms with Gasteiger partial charge in [0.15, 0.2) is 6.10 Å². The van der Waals surface area contributed by atoms with Crippen LogP contribution in [0.3, 0.4) is 0 Å². The van der Waals surface area contributed by atoms with E-state index in [4.69, 9.17) is 25.8 Å². The Morgan fingerprint density at radius 2 is 2.00 bits per heavy atom. The van der Waals surface area contributed by atoms with Crippen LogP contribution < -0.4 is 5.73 Å². The molecule has 0 radical (unpaired) electrons. The summed E-state index contributed by atoms with van der Waals surface area (Å²) < 4.78 is 4.77. The number of carbonyl (C=O) groups is 1. The van der Waals surface area contributed by atoms with Gasteiger partial charge >= 0.3 is 5.97 Å². The van der Waals surface area contributed by atoms with Crippen molar-refractivity contribution in [2.45, 2.75) is 24.4 Å². The van der Waals surface area contributed by atoms with Gasteiger partial charge in [-0.25, -0.2) is 4.79 Å². The topological polar surface area (TPSA) is 113 Å². The van der Waals surface area contributed by atoms with Crippen molar-refractivity contribution in [3.63, 3.8) is 0 Å². The van der Waals surface area contributed by atoms with Crippen molar-refractivity contribution >= 4 is 5.97 Å². The first-order chi connectivity index (χ1) is 5.57. The first kappa shape index (κ1) is 9.40. The minimum atomic E-state index is -1.39. The predicted molar refractivity (Wildman–Crippen MR) is 37.4 cm³/mol. The fourth-order valence-corrected chi connectivity index (χ4v) is 1.15. The van der Waals surface area contributed by atoms with Crippen molar-refractivity contribution in [2.75, 3.05) is 6.54 Å². The van der Waals surface area contributed by atoms with Gasteiger partial charge in [-0.3, -0.25) is 0 Å². The highest BCUT2D eigenvalue weighted by atomic mass is 16.6. The van der Waals surface area contributed by atoms with Crippen molar-refractivity contribution in [1.29, 1.82) is 0 Å². The van der Waals surface area contributed by atoms with Crippen LogP contribution in [-0.4, -0.2) is 52.2 Å². The molecule has 0 spiro atoms. The molecule has 1 heterocycles. The van der Waals surface area contributed by atoms with Crippen LogP contribution in [0.25, 0.3) is 0 Å². The summed E-state index contributed by atoms with van der Waals surface area (Å²) in [4.78, 5) is 10.4. The second kappa shape index (κ2) is 3.36. The molecule has 0 amide bonds. The van der Waals surface area contributed by atoms with E-state index in [-0.39, 0.29) is 6.54 Å². The van der Waals surface area contributed by atoms with E-state index in [9.17, 15) is 4.79 Å². The zero-order valence-electron chi connectivity index (χ0n) is 6.25. The van der Waals surface area contributed by atoms with Gasteiger partial charge in [-0.05, 0) is 0 Å². The number of hydrogen-bond acceptors (Lipinski definition) is 5. The third kappa shape index (κ3) is 1.42. The van der Waals surface area contributed by atoms with Crippen LogP contribution >= 0.6 is 0 Å². The normalized spacial score (nSPS) is 41.6. The van der Waals surface area contributed by atoms with E-state index in [1.54, 1.807) is 0 Å². The predicted octanol–water partition coefficient (Wildman–Crippen LogP) is -2.48. The largest absolute Gasteiger partial charge is 0.479 e. The maximum absolute atomic E-state index is 10.4. The minimum Gasteiger partial charge on any atom is -0.479 e. The number of nitrogens with two attached hydrogens (primary N) is 1. The van der Waals surface area contributed by atoms with E-state index in [1.807, 2.05) is 0 Å². The Balaban J connectivity index is 2.66. The number of rotatable bonds is 2. The first-order valence-corrected chi connectivity index (χ1v) is 3.52. The Kier molecular flexibility index (Phi) is 2.63. The van der Waals surface area contributed by atoms with Gasteiger partial charge in [-0.2, -0.15) is 0 Å². The van der Waals surface area contributed by atoms with Crippen LogP contribution in [0.15, 0.2) is 0 Å². The van der Waals surface area contributed by atoms with Crippen LogP contribution in [0.1, 0.15) is 0 Å². The number of carboxylic acids is 1. The number of aliphatic hydroxyl groups excluding tert-OH is 2. The summed E-state index contributed by atoms with van der Waals surface area (Å²) in [7, 11) is 0. The molecular formula is C6H11NO5. The highest BCUT2D eigenvalue weighted by Crippen LogP contribution is 2.20. The van der Waals surface area contributed by atoms with Crippen LogP contribution in [0, 0.1) is 0 Å². The lowest BCUT2D eigenvalue weighted by Crippen LogP contribution is -2.37. The molecule has 1 aliphatic rings.